The predicted octanol–water partition coefficient (Wildman–Crippen LogP) is 6.24. The van der Waals surface area contributed by atoms with Crippen LogP contribution in [-0.2, 0) is 6.18 Å². The molecule has 3 heterocycles. The summed E-state index contributed by atoms with van der Waals surface area (Å²) < 4.78 is 43.6. The number of rotatable bonds is 3. The van der Waals surface area contributed by atoms with Crippen molar-refractivity contribution in [2.24, 2.45) is 0 Å². The van der Waals surface area contributed by atoms with Crippen LogP contribution in [0, 0.1) is 0 Å². The summed E-state index contributed by atoms with van der Waals surface area (Å²) in [5.74, 6) is 0. The van der Waals surface area contributed by atoms with E-state index in [2.05, 4.69) is 10.3 Å². The lowest BCUT2D eigenvalue weighted by Crippen LogP contribution is -2.17. The fourth-order valence-corrected chi connectivity index (χ4v) is 4.25. The normalized spacial score (nSPS) is 11.6. The molecule has 0 aliphatic carbocycles. The maximum atomic E-state index is 12.8. The molecule has 10 heteroatoms. The van der Waals surface area contributed by atoms with Gasteiger partial charge >= 0.3 is 12.3 Å². The van der Waals surface area contributed by atoms with Gasteiger partial charge in [-0.1, -0.05) is 23.5 Å². The zero-order chi connectivity index (χ0) is 20.6. The fraction of sp³-hybridized carbons (Fsp3) is 0.0526. The van der Waals surface area contributed by atoms with Gasteiger partial charge < -0.3 is 10.5 Å². The van der Waals surface area contributed by atoms with E-state index in [1.165, 1.54) is 12.1 Å². The SMILES string of the molecule is Nc1c(OC(=O)Nc2cccc(C(F)(F)F)c2)sc2nc(-c3cccs3)ccc12. The van der Waals surface area contributed by atoms with Crippen LogP contribution in [0.3, 0.4) is 0 Å². The van der Waals surface area contributed by atoms with Gasteiger partial charge in [-0.2, -0.15) is 13.2 Å². The molecule has 1 amide bonds. The first-order valence-corrected chi connectivity index (χ1v) is 9.90. The minimum absolute atomic E-state index is 0.0392. The molecule has 5 nitrogen and oxygen atoms in total. The average Bonchev–Trinajstić information content (AvgIpc) is 3.30. The minimum Gasteiger partial charge on any atom is -0.397 e. The van der Waals surface area contributed by atoms with Gasteiger partial charge in [0.2, 0.25) is 5.06 Å². The molecule has 0 radical (unpaired) electrons. The van der Waals surface area contributed by atoms with Crippen molar-refractivity contribution < 1.29 is 22.7 Å². The molecule has 0 saturated carbocycles. The number of thiophene rings is 2. The third kappa shape index (κ3) is 4.03. The van der Waals surface area contributed by atoms with E-state index in [-0.39, 0.29) is 16.4 Å². The number of carbonyl (C=O) groups is 1. The summed E-state index contributed by atoms with van der Waals surface area (Å²) in [5.41, 5.74) is 6.15. The highest BCUT2D eigenvalue weighted by atomic mass is 32.1. The highest BCUT2D eigenvalue weighted by Gasteiger charge is 2.30. The number of nitrogens with one attached hydrogen (secondary N) is 1. The molecule has 1 aromatic carbocycles. The topological polar surface area (TPSA) is 77.2 Å². The van der Waals surface area contributed by atoms with Crippen molar-refractivity contribution in [2.45, 2.75) is 6.18 Å². The summed E-state index contributed by atoms with van der Waals surface area (Å²) in [4.78, 5) is 18.3. The van der Waals surface area contributed by atoms with Gasteiger partial charge in [-0.3, -0.25) is 5.32 Å². The number of ether oxygens (including phenoxy) is 1. The molecule has 0 bridgehead atoms. The van der Waals surface area contributed by atoms with Crippen molar-refractivity contribution in [3.05, 3.63) is 59.5 Å². The van der Waals surface area contributed by atoms with E-state index in [4.69, 9.17) is 10.5 Å². The molecule has 0 unspecified atom stereocenters. The Bertz CT molecular complexity index is 1190. The number of amides is 1. The molecule has 4 aromatic rings. The molecular weight excluding hydrogens is 423 g/mol. The quantitative estimate of drug-likeness (QED) is 0.400. The molecular formula is C19H12F3N3O2S2. The van der Waals surface area contributed by atoms with Gasteiger partial charge in [0.1, 0.15) is 4.83 Å². The second kappa shape index (κ2) is 7.37. The first-order chi connectivity index (χ1) is 13.8. The van der Waals surface area contributed by atoms with E-state index >= 15 is 0 Å². The van der Waals surface area contributed by atoms with Crippen LogP contribution in [0.1, 0.15) is 5.56 Å². The summed E-state index contributed by atoms with van der Waals surface area (Å²) in [7, 11) is 0. The van der Waals surface area contributed by atoms with Crippen molar-refractivity contribution in [1.82, 2.24) is 4.98 Å². The zero-order valence-corrected chi connectivity index (χ0v) is 16.1. The summed E-state index contributed by atoms with van der Waals surface area (Å²) in [6.45, 7) is 0. The number of alkyl halides is 3. The average molecular weight is 435 g/mol. The Morgan fingerprint density at radius 2 is 1.97 bits per heavy atom. The number of benzene rings is 1. The number of carbonyl (C=O) groups excluding carboxylic acids is 1. The van der Waals surface area contributed by atoms with Crippen LogP contribution in [0.2, 0.25) is 0 Å². The zero-order valence-electron chi connectivity index (χ0n) is 14.5. The first kappa shape index (κ1) is 19.2. The van der Waals surface area contributed by atoms with Crippen LogP contribution < -0.4 is 15.8 Å². The van der Waals surface area contributed by atoms with Crippen molar-refractivity contribution in [2.75, 3.05) is 11.1 Å². The monoisotopic (exact) mass is 435 g/mol. The molecule has 0 aliphatic heterocycles. The van der Waals surface area contributed by atoms with Gasteiger partial charge in [0, 0.05) is 11.1 Å². The van der Waals surface area contributed by atoms with Crippen molar-refractivity contribution in [3.8, 4) is 15.6 Å². The number of halogens is 3. The van der Waals surface area contributed by atoms with Gasteiger partial charge in [-0.05, 0) is 41.8 Å². The minimum atomic E-state index is -4.51. The number of anilines is 2. The van der Waals surface area contributed by atoms with Crippen LogP contribution in [0.25, 0.3) is 20.8 Å². The standard InChI is InChI=1S/C19H12F3N3O2S2/c20-19(21,22)10-3-1-4-11(9-10)24-18(26)27-17-15(23)12-6-7-13(25-16(12)29-17)14-5-2-8-28-14/h1-9H,23H2,(H,24,26). The molecule has 29 heavy (non-hydrogen) atoms. The fourth-order valence-electron chi connectivity index (χ4n) is 2.61. The Balaban J connectivity index is 1.54. The predicted molar refractivity (Wildman–Crippen MR) is 108 cm³/mol. The Hall–Kier alpha value is -3.11. The molecule has 0 fully saturated rings. The Morgan fingerprint density at radius 3 is 2.69 bits per heavy atom. The van der Waals surface area contributed by atoms with Crippen LogP contribution in [0.15, 0.2) is 53.9 Å². The molecule has 0 spiro atoms. The highest BCUT2D eigenvalue weighted by molar-refractivity contribution is 7.21. The summed E-state index contributed by atoms with van der Waals surface area (Å²) in [6.07, 6.45) is -5.45. The summed E-state index contributed by atoms with van der Waals surface area (Å²) >= 11 is 2.63. The Morgan fingerprint density at radius 1 is 1.14 bits per heavy atom. The Kier molecular flexibility index (Phi) is 4.89. The lowest BCUT2D eigenvalue weighted by atomic mass is 10.2. The number of nitrogens with zero attached hydrogens (tertiary/aromatic N) is 1. The van der Waals surface area contributed by atoms with Crippen molar-refractivity contribution >= 4 is 50.4 Å². The number of pyridine rings is 1. The number of fused-ring (bicyclic) bond motifs is 1. The summed E-state index contributed by atoms with van der Waals surface area (Å²) in [5, 5.41) is 4.98. The molecule has 3 N–H and O–H groups in total. The highest BCUT2D eigenvalue weighted by Crippen LogP contribution is 2.40. The number of nitrogen functional groups attached to an aromatic ring is 1. The lowest BCUT2D eigenvalue weighted by molar-refractivity contribution is -0.137. The number of hydrogen-bond acceptors (Lipinski definition) is 6. The van der Waals surface area contributed by atoms with Gasteiger partial charge in [0.25, 0.3) is 0 Å². The molecule has 148 valence electrons. The van der Waals surface area contributed by atoms with Gasteiger partial charge in [-0.25, -0.2) is 9.78 Å². The van der Waals surface area contributed by atoms with Crippen LogP contribution in [0.4, 0.5) is 29.3 Å². The molecule has 3 aromatic heterocycles. The second-order valence-electron chi connectivity index (χ2n) is 5.92. The van der Waals surface area contributed by atoms with E-state index in [9.17, 15) is 18.0 Å². The lowest BCUT2D eigenvalue weighted by Gasteiger charge is -2.09. The number of aromatic nitrogens is 1. The van der Waals surface area contributed by atoms with Crippen LogP contribution >= 0.6 is 22.7 Å². The van der Waals surface area contributed by atoms with E-state index in [1.54, 1.807) is 17.4 Å². The molecule has 0 atom stereocenters. The first-order valence-electron chi connectivity index (χ1n) is 8.20. The van der Waals surface area contributed by atoms with Gasteiger partial charge in [-0.15, -0.1) is 11.3 Å². The van der Waals surface area contributed by atoms with E-state index < -0.39 is 17.8 Å². The van der Waals surface area contributed by atoms with E-state index in [0.29, 0.717) is 10.2 Å². The third-order valence-corrected chi connectivity index (χ3v) is 5.84. The van der Waals surface area contributed by atoms with E-state index in [1.807, 2.05) is 23.6 Å². The maximum Gasteiger partial charge on any atom is 0.417 e. The summed E-state index contributed by atoms with van der Waals surface area (Å²) in [6, 6.07) is 11.7. The maximum absolute atomic E-state index is 12.8. The molecule has 0 aliphatic rings. The third-order valence-electron chi connectivity index (χ3n) is 3.96. The van der Waals surface area contributed by atoms with Crippen molar-refractivity contribution in [3.63, 3.8) is 0 Å². The Labute approximate surface area is 170 Å². The van der Waals surface area contributed by atoms with Gasteiger partial charge in [0.15, 0.2) is 0 Å². The van der Waals surface area contributed by atoms with E-state index in [0.717, 1.165) is 34.0 Å². The number of hydrogen-bond donors (Lipinski definition) is 2. The van der Waals surface area contributed by atoms with Crippen molar-refractivity contribution in [1.29, 1.82) is 0 Å². The second-order valence-corrected chi connectivity index (χ2v) is 7.83. The molecule has 4 rings (SSSR count). The van der Waals surface area contributed by atoms with Crippen LogP contribution in [-0.4, -0.2) is 11.1 Å². The largest absolute Gasteiger partial charge is 0.417 e. The smallest absolute Gasteiger partial charge is 0.397 e. The van der Waals surface area contributed by atoms with Crippen LogP contribution in [0.5, 0.6) is 5.06 Å². The van der Waals surface area contributed by atoms with Gasteiger partial charge in [0.05, 0.1) is 21.8 Å². The molecule has 0 saturated heterocycles. The number of nitrogens with two attached hydrogens (primary N) is 1.